The fraction of sp³-hybridized carbons (Fsp3) is 0.324. The molecule has 1 saturated heterocycles. The molecule has 0 atom stereocenters. The minimum Gasteiger partial charge on any atom is -0.497 e. The number of nitrogens with zero attached hydrogens (tertiary/aromatic N) is 1. The van der Waals surface area contributed by atoms with E-state index in [1.807, 2.05) is 48.5 Å². The largest absolute Gasteiger partial charge is 0.497 e. The van der Waals surface area contributed by atoms with Gasteiger partial charge in [0.05, 0.1) is 25.2 Å². The molecule has 3 N–H and O–H groups in total. The van der Waals surface area contributed by atoms with Crippen LogP contribution in [0.5, 0.6) is 5.75 Å². The number of hydrogen-bond acceptors (Lipinski definition) is 6. The number of ether oxygens (including phenoxy) is 2. The van der Waals surface area contributed by atoms with Crippen molar-refractivity contribution in [2.45, 2.75) is 31.1 Å². The number of fused-ring (bicyclic) bond motifs is 1. The van der Waals surface area contributed by atoms with Crippen LogP contribution in [0.4, 0.5) is 5.69 Å². The number of nitrogens with one attached hydrogen (secondary N) is 3. The number of methoxy groups -OCH3 is 1. The Labute approximate surface area is 259 Å². The molecule has 5 rings (SSSR count). The van der Waals surface area contributed by atoms with E-state index in [0.717, 1.165) is 60.4 Å². The van der Waals surface area contributed by atoms with Gasteiger partial charge in [-0.15, -0.1) is 0 Å². The van der Waals surface area contributed by atoms with Gasteiger partial charge in [0.2, 0.25) is 5.91 Å². The Morgan fingerprint density at radius 1 is 1.05 bits per heavy atom. The molecular weight excluding hydrogens is 576 g/mol. The highest BCUT2D eigenvalue weighted by Crippen LogP contribution is 2.36. The van der Waals surface area contributed by atoms with E-state index < -0.39 is 10.0 Å². The lowest BCUT2D eigenvalue weighted by atomic mass is 9.87. The quantitative estimate of drug-likeness (QED) is 0.206. The number of H-pyrrole nitrogens is 1. The molecule has 0 radical (unpaired) electrons. The summed E-state index contributed by atoms with van der Waals surface area (Å²) in [6.07, 6.45) is 3.26. The minimum absolute atomic E-state index is 0.0820. The Kier molecular flexibility index (Phi) is 9.43. The maximum absolute atomic E-state index is 13.3. The van der Waals surface area contributed by atoms with Gasteiger partial charge in [-0.2, -0.15) is 0 Å². The zero-order chi connectivity index (χ0) is 31.3. The number of aromatic nitrogens is 1. The number of carbonyl (C=O) groups excluding carboxylic acids is 1. The summed E-state index contributed by atoms with van der Waals surface area (Å²) in [4.78, 5) is 18.5. The van der Waals surface area contributed by atoms with Crippen molar-refractivity contribution in [2.75, 3.05) is 51.2 Å². The Morgan fingerprint density at radius 2 is 1.80 bits per heavy atom. The average molecular weight is 617 g/mol. The van der Waals surface area contributed by atoms with Crippen molar-refractivity contribution >= 4 is 38.6 Å². The third-order valence-corrected chi connectivity index (χ3v) is 9.10. The summed E-state index contributed by atoms with van der Waals surface area (Å²) < 4.78 is 40.2. The Hall–Kier alpha value is -4.12. The molecule has 0 bridgehead atoms. The molecule has 2 heterocycles. The zero-order valence-electron chi connectivity index (χ0n) is 25.6. The number of sulfonamides is 1. The molecule has 1 amide bonds. The van der Waals surface area contributed by atoms with Gasteiger partial charge in [-0.25, -0.2) is 8.42 Å². The summed E-state index contributed by atoms with van der Waals surface area (Å²) in [5.41, 5.74) is 4.60. The van der Waals surface area contributed by atoms with E-state index in [1.54, 1.807) is 31.4 Å². The maximum Gasteiger partial charge on any atom is 0.261 e. The van der Waals surface area contributed by atoms with Crippen LogP contribution >= 0.6 is 0 Å². The molecule has 0 saturated carbocycles. The summed E-state index contributed by atoms with van der Waals surface area (Å²) >= 11 is 0. The van der Waals surface area contributed by atoms with Crippen LogP contribution in [0.3, 0.4) is 0 Å². The predicted octanol–water partition coefficient (Wildman–Crippen LogP) is 5.40. The molecule has 0 aliphatic carbocycles. The van der Waals surface area contributed by atoms with E-state index in [2.05, 4.69) is 40.7 Å². The van der Waals surface area contributed by atoms with Crippen LogP contribution in [0.25, 0.3) is 28.1 Å². The fourth-order valence-corrected chi connectivity index (χ4v) is 6.27. The average Bonchev–Trinajstić information content (AvgIpc) is 3.37. The lowest BCUT2D eigenvalue weighted by Crippen LogP contribution is -2.41. The van der Waals surface area contributed by atoms with Crippen molar-refractivity contribution in [1.29, 1.82) is 0 Å². The number of carbonyl (C=O) groups is 1. The summed E-state index contributed by atoms with van der Waals surface area (Å²) in [6, 6.07) is 20.0. The van der Waals surface area contributed by atoms with Crippen LogP contribution in [0.1, 0.15) is 32.0 Å². The number of rotatable bonds is 10. The first-order valence-electron chi connectivity index (χ1n) is 14.7. The number of morpholine rings is 1. The standard InChI is InChI=1S/C34H40N4O5S/c1-34(2,3)25-8-11-28(12-9-25)44(40,41)37-26-10-13-30-29(23-26)33(24-6-5-7-27(22-24)42-4)31(36-30)14-15-32(39)35-16-17-38-18-20-43-21-19-38/h5-15,22-23,36-37H,16-21H2,1-4H3,(H,35,39)/b15-14+. The monoisotopic (exact) mass is 616 g/mol. The Balaban J connectivity index is 1.42. The molecule has 9 nitrogen and oxygen atoms in total. The number of aromatic amines is 1. The zero-order valence-corrected chi connectivity index (χ0v) is 26.5. The first kappa shape index (κ1) is 31.3. The molecule has 1 aliphatic rings. The highest BCUT2D eigenvalue weighted by atomic mass is 32.2. The smallest absolute Gasteiger partial charge is 0.261 e. The first-order chi connectivity index (χ1) is 21.0. The molecule has 44 heavy (non-hydrogen) atoms. The van der Waals surface area contributed by atoms with Crippen LogP contribution < -0.4 is 14.8 Å². The number of anilines is 1. The van der Waals surface area contributed by atoms with Crippen LogP contribution in [0.15, 0.2) is 77.7 Å². The molecule has 0 spiro atoms. The highest BCUT2D eigenvalue weighted by molar-refractivity contribution is 7.92. The van der Waals surface area contributed by atoms with Crippen LogP contribution in [0.2, 0.25) is 0 Å². The molecular formula is C34H40N4O5S. The number of hydrogen-bond donors (Lipinski definition) is 3. The van der Waals surface area contributed by atoms with E-state index in [4.69, 9.17) is 9.47 Å². The lowest BCUT2D eigenvalue weighted by Gasteiger charge is -2.26. The minimum atomic E-state index is -3.82. The van der Waals surface area contributed by atoms with Crippen molar-refractivity contribution in [3.8, 4) is 16.9 Å². The van der Waals surface area contributed by atoms with Gasteiger partial charge < -0.3 is 19.8 Å². The van der Waals surface area contributed by atoms with Gasteiger partial charge in [0.1, 0.15) is 5.75 Å². The third kappa shape index (κ3) is 7.50. The normalized spacial score (nSPS) is 14.6. The summed E-state index contributed by atoms with van der Waals surface area (Å²) in [5.74, 6) is 0.489. The van der Waals surface area contributed by atoms with Gasteiger partial charge in [0, 0.05) is 60.1 Å². The van der Waals surface area contributed by atoms with Gasteiger partial charge in [-0.3, -0.25) is 14.4 Å². The number of benzene rings is 3. The van der Waals surface area contributed by atoms with Crippen molar-refractivity contribution in [3.05, 3.63) is 84.1 Å². The predicted molar refractivity (Wildman–Crippen MR) is 176 cm³/mol. The van der Waals surface area contributed by atoms with Crippen molar-refractivity contribution in [1.82, 2.24) is 15.2 Å². The molecule has 1 aromatic heterocycles. The lowest BCUT2D eigenvalue weighted by molar-refractivity contribution is -0.116. The van der Waals surface area contributed by atoms with Gasteiger partial charge in [0.15, 0.2) is 0 Å². The van der Waals surface area contributed by atoms with Crippen LogP contribution in [-0.2, 0) is 25.0 Å². The van der Waals surface area contributed by atoms with Gasteiger partial charge in [-0.05, 0) is 65.1 Å². The fourth-order valence-electron chi connectivity index (χ4n) is 5.22. The molecule has 10 heteroatoms. The van der Waals surface area contributed by atoms with E-state index in [-0.39, 0.29) is 16.2 Å². The molecule has 232 valence electrons. The maximum atomic E-state index is 13.3. The second kappa shape index (κ2) is 13.3. The Morgan fingerprint density at radius 3 is 2.50 bits per heavy atom. The van der Waals surface area contributed by atoms with Gasteiger partial charge in [-0.1, -0.05) is 45.0 Å². The van der Waals surface area contributed by atoms with Crippen LogP contribution in [0, 0.1) is 0 Å². The van der Waals surface area contributed by atoms with E-state index in [9.17, 15) is 13.2 Å². The molecule has 1 fully saturated rings. The highest BCUT2D eigenvalue weighted by Gasteiger charge is 2.19. The van der Waals surface area contributed by atoms with Crippen molar-refractivity contribution < 1.29 is 22.7 Å². The molecule has 3 aromatic carbocycles. The molecule has 4 aromatic rings. The SMILES string of the molecule is COc1cccc(-c2c(/C=C/C(=O)NCCN3CCOCC3)[nH]c3ccc(NS(=O)(=O)c4ccc(C(C)(C)C)cc4)cc23)c1. The van der Waals surface area contributed by atoms with Gasteiger partial charge >= 0.3 is 0 Å². The summed E-state index contributed by atoms with van der Waals surface area (Å²) in [5, 5.41) is 3.75. The van der Waals surface area contributed by atoms with E-state index in [0.29, 0.717) is 23.7 Å². The topological polar surface area (TPSA) is 113 Å². The van der Waals surface area contributed by atoms with Crippen molar-refractivity contribution in [3.63, 3.8) is 0 Å². The van der Waals surface area contributed by atoms with Gasteiger partial charge in [0.25, 0.3) is 10.0 Å². The second-order valence-electron chi connectivity index (χ2n) is 11.9. The molecule has 1 aliphatic heterocycles. The third-order valence-electron chi connectivity index (χ3n) is 7.70. The first-order valence-corrected chi connectivity index (χ1v) is 16.2. The number of amides is 1. The van der Waals surface area contributed by atoms with E-state index >= 15 is 0 Å². The molecule has 0 unspecified atom stereocenters. The Bertz CT molecular complexity index is 1750. The van der Waals surface area contributed by atoms with E-state index in [1.165, 1.54) is 6.08 Å². The van der Waals surface area contributed by atoms with Crippen LogP contribution in [-0.4, -0.2) is 70.7 Å². The second-order valence-corrected chi connectivity index (χ2v) is 13.5. The summed E-state index contributed by atoms with van der Waals surface area (Å²) in [7, 11) is -2.21. The summed E-state index contributed by atoms with van der Waals surface area (Å²) in [6.45, 7) is 10.7. The van der Waals surface area contributed by atoms with Crippen molar-refractivity contribution in [2.24, 2.45) is 0 Å².